The van der Waals surface area contributed by atoms with Gasteiger partial charge in [0.25, 0.3) is 0 Å². The van der Waals surface area contributed by atoms with E-state index in [-0.39, 0.29) is 6.10 Å². The van der Waals surface area contributed by atoms with Gasteiger partial charge in [0, 0.05) is 11.0 Å². The summed E-state index contributed by atoms with van der Waals surface area (Å²) < 4.78 is 12.8. The molecule has 1 heterocycles. The summed E-state index contributed by atoms with van der Waals surface area (Å²) in [4.78, 5) is 0. The number of rotatable bonds is 7. The van der Waals surface area contributed by atoms with Crippen molar-refractivity contribution in [3.63, 3.8) is 0 Å². The lowest BCUT2D eigenvalue weighted by atomic mass is 10.2. The van der Waals surface area contributed by atoms with Crippen molar-refractivity contribution in [1.29, 1.82) is 0 Å². The molecule has 1 aromatic carbocycles. The summed E-state index contributed by atoms with van der Waals surface area (Å²) in [5, 5.41) is 3.33. The number of nitrogens with one attached hydrogen (secondary N) is 1. The zero-order chi connectivity index (χ0) is 13.5. The van der Waals surface area contributed by atoms with E-state index < -0.39 is 0 Å². The molecule has 0 radical (unpaired) electrons. The molecule has 1 N–H and O–H groups in total. The van der Waals surface area contributed by atoms with E-state index in [1.165, 1.54) is 5.56 Å². The highest BCUT2D eigenvalue weighted by atomic mass is 79.9. The molecule has 4 heteroatoms. The standard InChI is InChI=1S/C15H22BrNO2/c1-2-17-9-14-7-8-15(19-14)11-18-10-12-3-5-13(16)6-4-12/h3-6,14-15,17H,2,7-11H2,1H3. The number of likely N-dealkylation sites (N-methyl/N-ethyl adjacent to an activating group) is 1. The minimum absolute atomic E-state index is 0.263. The molecule has 1 saturated heterocycles. The third kappa shape index (κ3) is 5.22. The SMILES string of the molecule is CCNCC1CCC(COCc2ccc(Br)cc2)O1. The Kier molecular flexibility index (Phi) is 6.31. The summed E-state index contributed by atoms with van der Waals surface area (Å²) in [5.74, 6) is 0. The Morgan fingerprint density at radius 3 is 2.74 bits per heavy atom. The van der Waals surface area contributed by atoms with Crippen molar-refractivity contribution in [1.82, 2.24) is 5.32 Å². The Bertz CT molecular complexity index is 369. The van der Waals surface area contributed by atoms with Gasteiger partial charge in [-0.15, -0.1) is 0 Å². The predicted molar refractivity (Wildman–Crippen MR) is 80.2 cm³/mol. The highest BCUT2D eigenvalue weighted by Crippen LogP contribution is 2.20. The zero-order valence-electron chi connectivity index (χ0n) is 11.4. The van der Waals surface area contributed by atoms with E-state index in [4.69, 9.17) is 9.47 Å². The third-order valence-electron chi connectivity index (χ3n) is 3.30. The van der Waals surface area contributed by atoms with Crippen molar-refractivity contribution in [3.8, 4) is 0 Å². The van der Waals surface area contributed by atoms with Crippen LogP contribution < -0.4 is 5.32 Å². The molecule has 0 aromatic heterocycles. The maximum atomic E-state index is 5.93. The van der Waals surface area contributed by atoms with Crippen LogP contribution in [0.2, 0.25) is 0 Å². The molecule has 1 aliphatic rings. The van der Waals surface area contributed by atoms with Crippen LogP contribution in [0.15, 0.2) is 28.7 Å². The molecule has 3 nitrogen and oxygen atoms in total. The first kappa shape index (κ1) is 15.0. The lowest BCUT2D eigenvalue weighted by Gasteiger charge is -2.14. The molecule has 0 aliphatic carbocycles. The maximum Gasteiger partial charge on any atom is 0.0814 e. The Balaban J connectivity index is 1.62. The minimum Gasteiger partial charge on any atom is -0.374 e. The molecular formula is C15H22BrNO2. The van der Waals surface area contributed by atoms with Crippen LogP contribution in [0.25, 0.3) is 0 Å². The average Bonchev–Trinajstić information content (AvgIpc) is 2.87. The lowest BCUT2D eigenvalue weighted by molar-refractivity contribution is -0.0188. The molecule has 0 spiro atoms. The van der Waals surface area contributed by atoms with Gasteiger partial charge in [-0.25, -0.2) is 0 Å². The van der Waals surface area contributed by atoms with Crippen LogP contribution in [0, 0.1) is 0 Å². The van der Waals surface area contributed by atoms with Crippen LogP contribution in [0.4, 0.5) is 0 Å². The van der Waals surface area contributed by atoms with E-state index >= 15 is 0 Å². The highest BCUT2D eigenvalue weighted by Gasteiger charge is 2.24. The predicted octanol–water partition coefficient (Wildman–Crippen LogP) is 3.12. The second-order valence-electron chi connectivity index (χ2n) is 4.91. The Labute approximate surface area is 123 Å². The van der Waals surface area contributed by atoms with Gasteiger partial charge in [-0.3, -0.25) is 0 Å². The molecule has 19 heavy (non-hydrogen) atoms. The van der Waals surface area contributed by atoms with Crippen molar-refractivity contribution in [2.75, 3.05) is 19.7 Å². The van der Waals surface area contributed by atoms with Gasteiger partial charge in [-0.2, -0.15) is 0 Å². The van der Waals surface area contributed by atoms with Gasteiger partial charge in [-0.1, -0.05) is 35.0 Å². The van der Waals surface area contributed by atoms with Crippen LogP contribution in [-0.4, -0.2) is 31.9 Å². The lowest BCUT2D eigenvalue weighted by Crippen LogP contribution is -2.27. The van der Waals surface area contributed by atoms with Crippen molar-refractivity contribution >= 4 is 15.9 Å². The summed E-state index contributed by atoms with van der Waals surface area (Å²) in [5.41, 5.74) is 1.20. The fraction of sp³-hybridized carbons (Fsp3) is 0.600. The summed E-state index contributed by atoms with van der Waals surface area (Å²) >= 11 is 3.43. The molecule has 2 atom stereocenters. The van der Waals surface area contributed by atoms with Crippen molar-refractivity contribution in [2.45, 2.75) is 38.6 Å². The molecule has 1 fully saturated rings. The topological polar surface area (TPSA) is 30.5 Å². The van der Waals surface area contributed by atoms with Crippen molar-refractivity contribution in [2.24, 2.45) is 0 Å². The number of halogens is 1. The van der Waals surface area contributed by atoms with E-state index in [1.807, 2.05) is 12.1 Å². The Morgan fingerprint density at radius 1 is 1.26 bits per heavy atom. The largest absolute Gasteiger partial charge is 0.374 e. The second kappa shape index (κ2) is 8.00. The Hall–Kier alpha value is -0.420. The number of hydrogen-bond acceptors (Lipinski definition) is 3. The minimum atomic E-state index is 0.263. The van der Waals surface area contributed by atoms with Gasteiger partial charge >= 0.3 is 0 Å². The van der Waals surface area contributed by atoms with Gasteiger partial charge in [0.05, 0.1) is 25.4 Å². The first-order valence-electron chi connectivity index (χ1n) is 6.96. The smallest absolute Gasteiger partial charge is 0.0814 e. The average molecular weight is 328 g/mol. The Morgan fingerprint density at radius 2 is 2.00 bits per heavy atom. The van der Waals surface area contributed by atoms with Gasteiger partial charge in [0.2, 0.25) is 0 Å². The normalized spacial score (nSPS) is 22.8. The number of benzene rings is 1. The first-order chi connectivity index (χ1) is 9.28. The molecule has 0 saturated carbocycles. The molecular weight excluding hydrogens is 306 g/mol. The zero-order valence-corrected chi connectivity index (χ0v) is 13.0. The van der Waals surface area contributed by atoms with Gasteiger partial charge < -0.3 is 14.8 Å². The van der Waals surface area contributed by atoms with Gasteiger partial charge in [0.15, 0.2) is 0 Å². The summed E-state index contributed by atoms with van der Waals surface area (Å²) in [6.45, 7) is 5.43. The van der Waals surface area contributed by atoms with Gasteiger partial charge in [0.1, 0.15) is 0 Å². The molecule has 0 amide bonds. The van der Waals surface area contributed by atoms with E-state index in [2.05, 4.69) is 40.3 Å². The first-order valence-corrected chi connectivity index (χ1v) is 7.75. The fourth-order valence-electron chi connectivity index (χ4n) is 2.25. The quantitative estimate of drug-likeness (QED) is 0.834. The van der Waals surface area contributed by atoms with Crippen LogP contribution >= 0.6 is 15.9 Å². The highest BCUT2D eigenvalue weighted by molar-refractivity contribution is 9.10. The van der Waals surface area contributed by atoms with E-state index in [1.54, 1.807) is 0 Å². The van der Waals surface area contributed by atoms with Crippen molar-refractivity contribution in [3.05, 3.63) is 34.3 Å². The molecule has 1 aliphatic heterocycles. The molecule has 2 rings (SSSR count). The van der Waals surface area contributed by atoms with Crippen LogP contribution in [-0.2, 0) is 16.1 Å². The molecule has 106 valence electrons. The third-order valence-corrected chi connectivity index (χ3v) is 3.83. The summed E-state index contributed by atoms with van der Waals surface area (Å²) in [6, 6.07) is 8.23. The number of hydrogen-bond donors (Lipinski definition) is 1. The molecule has 2 unspecified atom stereocenters. The fourth-order valence-corrected chi connectivity index (χ4v) is 2.51. The van der Waals surface area contributed by atoms with Crippen molar-refractivity contribution < 1.29 is 9.47 Å². The van der Waals surface area contributed by atoms with Gasteiger partial charge in [-0.05, 0) is 37.1 Å². The van der Waals surface area contributed by atoms with E-state index in [0.717, 1.165) is 30.4 Å². The monoisotopic (exact) mass is 327 g/mol. The maximum absolute atomic E-state index is 5.93. The molecule has 0 bridgehead atoms. The van der Waals surface area contributed by atoms with Crippen LogP contribution in [0.1, 0.15) is 25.3 Å². The summed E-state index contributed by atoms with van der Waals surface area (Å²) in [6.07, 6.45) is 2.87. The molecule has 1 aromatic rings. The van der Waals surface area contributed by atoms with E-state index in [0.29, 0.717) is 19.3 Å². The summed E-state index contributed by atoms with van der Waals surface area (Å²) in [7, 11) is 0. The second-order valence-corrected chi connectivity index (χ2v) is 5.82. The number of ether oxygens (including phenoxy) is 2. The van der Waals surface area contributed by atoms with E-state index in [9.17, 15) is 0 Å². The van der Waals surface area contributed by atoms with Crippen LogP contribution in [0.3, 0.4) is 0 Å². The van der Waals surface area contributed by atoms with Crippen LogP contribution in [0.5, 0.6) is 0 Å².